The summed E-state index contributed by atoms with van der Waals surface area (Å²) in [6.07, 6.45) is 1.97. The van der Waals surface area contributed by atoms with Crippen LogP contribution in [0.3, 0.4) is 0 Å². The lowest BCUT2D eigenvalue weighted by Crippen LogP contribution is -2.37. The Hall–Kier alpha value is -2.44. The van der Waals surface area contributed by atoms with Crippen molar-refractivity contribution >= 4 is 28.2 Å². The molecule has 6 heteroatoms. The average molecular weight is 397 g/mol. The summed E-state index contributed by atoms with van der Waals surface area (Å²) in [6.45, 7) is 5.67. The fraction of sp³-hybridized carbons (Fsp3) is 0.364. The third kappa shape index (κ3) is 3.88. The van der Waals surface area contributed by atoms with E-state index in [0.29, 0.717) is 24.1 Å². The Morgan fingerprint density at radius 3 is 2.82 bits per heavy atom. The molecule has 0 unspecified atom stereocenters. The molecular weight excluding hydrogens is 374 g/mol. The van der Waals surface area contributed by atoms with Crippen LogP contribution in [-0.2, 0) is 11.3 Å². The molecule has 0 radical (unpaired) electrons. The van der Waals surface area contributed by atoms with Gasteiger partial charge in [0.25, 0.3) is 5.91 Å². The Labute approximate surface area is 167 Å². The van der Waals surface area contributed by atoms with Gasteiger partial charge >= 0.3 is 0 Å². The van der Waals surface area contributed by atoms with E-state index in [-0.39, 0.29) is 23.2 Å². The summed E-state index contributed by atoms with van der Waals surface area (Å²) in [5.74, 6) is -0.198. The van der Waals surface area contributed by atoms with E-state index < -0.39 is 0 Å². The molecule has 28 heavy (non-hydrogen) atoms. The summed E-state index contributed by atoms with van der Waals surface area (Å²) in [4.78, 5) is 28.7. The van der Waals surface area contributed by atoms with Gasteiger partial charge in [0.1, 0.15) is 5.58 Å². The molecule has 1 saturated heterocycles. The van der Waals surface area contributed by atoms with Crippen molar-refractivity contribution in [3.05, 3.63) is 67.7 Å². The van der Waals surface area contributed by atoms with E-state index in [0.717, 1.165) is 35.5 Å². The van der Waals surface area contributed by atoms with Crippen LogP contribution in [-0.4, -0.2) is 30.1 Å². The van der Waals surface area contributed by atoms with E-state index in [2.05, 4.69) is 0 Å². The molecule has 1 fully saturated rings. The van der Waals surface area contributed by atoms with Crippen molar-refractivity contribution in [2.24, 2.45) is 0 Å². The molecule has 0 N–H and O–H groups in total. The second kappa shape index (κ2) is 7.89. The number of amides is 1. The zero-order chi connectivity index (χ0) is 19.7. The van der Waals surface area contributed by atoms with Crippen molar-refractivity contribution in [3.8, 4) is 0 Å². The number of carbonyl (C=O) groups excluding carboxylic acids is 1. The van der Waals surface area contributed by atoms with Crippen LogP contribution in [0.2, 0.25) is 0 Å². The van der Waals surface area contributed by atoms with Crippen LogP contribution in [0.4, 0.5) is 0 Å². The molecule has 1 aliphatic heterocycles. The quantitative estimate of drug-likeness (QED) is 0.644. The zero-order valence-corrected chi connectivity index (χ0v) is 16.9. The number of aryl methyl sites for hydroxylation is 2. The normalized spacial score (nSPS) is 16.6. The molecule has 0 bridgehead atoms. The largest absolute Gasteiger partial charge is 0.451 e. The summed E-state index contributed by atoms with van der Waals surface area (Å²) >= 11 is 1.63. The number of rotatable bonds is 5. The van der Waals surface area contributed by atoms with Gasteiger partial charge in [0.15, 0.2) is 11.2 Å². The first kappa shape index (κ1) is 18.9. The summed E-state index contributed by atoms with van der Waals surface area (Å²) < 4.78 is 11.6. The summed E-state index contributed by atoms with van der Waals surface area (Å²) in [5, 5.41) is 2.52. The van der Waals surface area contributed by atoms with Crippen molar-refractivity contribution in [2.75, 3.05) is 13.2 Å². The molecule has 3 aromatic rings. The minimum atomic E-state index is -0.275. The molecule has 0 aliphatic carbocycles. The lowest BCUT2D eigenvalue weighted by molar-refractivity contribution is 0.0486. The maximum absolute atomic E-state index is 13.3. The standard InChI is InChI=1S/C22H23NO4S/c1-14-5-6-19-17(10-14)18(24)11-20(27-19)22(25)23(12-16-4-3-8-26-16)13-21-15(2)7-9-28-21/h5-7,9-11,16H,3-4,8,12-13H2,1-2H3/t16-/m1/s1. The van der Waals surface area contributed by atoms with Gasteiger partial charge in [-0.05, 0) is 55.8 Å². The number of thiophene rings is 1. The lowest BCUT2D eigenvalue weighted by Gasteiger charge is -2.25. The molecule has 3 heterocycles. The van der Waals surface area contributed by atoms with Gasteiger partial charge < -0.3 is 14.1 Å². The second-order valence-electron chi connectivity index (χ2n) is 7.32. The second-order valence-corrected chi connectivity index (χ2v) is 8.32. The molecule has 146 valence electrons. The Morgan fingerprint density at radius 2 is 2.11 bits per heavy atom. The summed E-state index contributed by atoms with van der Waals surface area (Å²) in [5.41, 5.74) is 2.38. The van der Waals surface area contributed by atoms with Gasteiger partial charge in [0.2, 0.25) is 0 Å². The van der Waals surface area contributed by atoms with Gasteiger partial charge in [0, 0.05) is 24.1 Å². The van der Waals surface area contributed by atoms with E-state index in [4.69, 9.17) is 9.15 Å². The lowest BCUT2D eigenvalue weighted by atomic mass is 10.1. The topological polar surface area (TPSA) is 59.8 Å². The molecule has 1 aromatic carbocycles. The van der Waals surface area contributed by atoms with Crippen molar-refractivity contribution in [1.29, 1.82) is 0 Å². The number of nitrogens with zero attached hydrogens (tertiary/aromatic N) is 1. The SMILES string of the molecule is Cc1ccc2oc(C(=O)N(Cc3sccc3C)C[C@H]3CCCO3)cc(=O)c2c1. The van der Waals surface area contributed by atoms with Crippen molar-refractivity contribution < 1.29 is 13.9 Å². The van der Waals surface area contributed by atoms with Crippen molar-refractivity contribution in [1.82, 2.24) is 4.90 Å². The van der Waals surface area contributed by atoms with Crippen LogP contribution < -0.4 is 5.43 Å². The highest BCUT2D eigenvalue weighted by Gasteiger charge is 2.26. The number of benzene rings is 1. The predicted molar refractivity (Wildman–Crippen MR) is 110 cm³/mol. The third-order valence-electron chi connectivity index (χ3n) is 5.13. The van der Waals surface area contributed by atoms with Gasteiger partial charge in [-0.15, -0.1) is 11.3 Å². The molecule has 0 saturated carbocycles. The molecule has 1 atom stereocenters. The maximum atomic E-state index is 13.3. The van der Waals surface area contributed by atoms with Gasteiger partial charge in [-0.1, -0.05) is 11.6 Å². The molecule has 1 aliphatic rings. The minimum Gasteiger partial charge on any atom is -0.451 e. The first-order valence-corrected chi connectivity index (χ1v) is 10.4. The van der Waals surface area contributed by atoms with E-state index in [9.17, 15) is 9.59 Å². The number of ether oxygens (including phenoxy) is 1. The predicted octanol–water partition coefficient (Wildman–Crippen LogP) is 4.29. The highest BCUT2D eigenvalue weighted by molar-refractivity contribution is 7.10. The first-order valence-electron chi connectivity index (χ1n) is 9.49. The highest BCUT2D eigenvalue weighted by Crippen LogP contribution is 2.22. The Kier molecular flexibility index (Phi) is 5.33. The van der Waals surface area contributed by atoms with Gasteiger partial charge in [0.05, 0.1) is 18.0 Å². The van der Waals surface area contributed by atoms with Crippen LogP contribution >= 0.6 is 11.3 Å². The van der Waals surface area contributed by atoms with E-state index in [1.807, 2.05) is 31.4 Å². The Balaban J connectivity index is 1.67. The Morgan fingerprint density at radius 1 is 1.25 bits per heavy atom. The van der Waals surface area contributed by atoms with Crippen molar-refractivity contribution in [3.63, 3.8) is 0 Å². The number of fused-ring (bicyclic) bond motifs is 1. The monoisotopic (exact) mass is 397 g/mol. The fourth-order valence-electron chi connectivity index (χ4n) is 3.52. The molecule has 5 nitrogen and oxygen atoms in total. The first-order chi connectivity index (χ1) is 13.5. The van der Waals surface area contributed by atoms with Crippen LogP contribution in [0.5, 0.6) is 0 Å². The smallest absolute Gasteiger partial charge is 0.290 e. The number of hydrogen-bond acceptors (Lipinski definition) is 5. The van der Waals surface area contributed by atoms with Crippen molar-refractivity contribution in [2.45, 2.75) is 39.3 Å². The van der Waals surface area contributed by atoms with E-state index >= 15 is 0 Å². The molecule has 4 rings (SSSR count). The molecule has 0 spiro atoms. The summed E-state index contributed by atoms with van der Waals surface area (Å²) in [6, 6.07) is 8.77. The van der Waals surface area contributed by atoms with E-state index in [1.165, 1.54) is 6.07 Å². The van der Waals surface area contributed by atoms with Crippen LogP contribution in [0, 0.1) is 13.8 Å². The molecule has 2 aromatic heterocycles. The Bertz CT molecular complexity index is 1060. The van der Waals surface area contributed by atoms with Crippen LogP contribution in [0.15, 0.2) is 44.9 Å². The summed E-state index contributed by atoms with van der Waals surface area (Å²) in [7, 11) is 0. The zero-order valence-electron chi connectivity index (χ0n) is 16.1. The molecule has 1 amide bonds. The maximum Gasteiger partial charge on any atom is 0.290 e. The van der Waals surface area contributed by atoms with Crippen LogP contribution in [0.1, 0.15) is 39.4 Å². The van der Waals surface area contributed by atoms with Gasteiger partial charge in [-0.25, -0.2) is 0 Å². The number of hydrogen-bond donors (Lipinski definition) is 0. The molecular formula is C22H23NO4S. The van der Waals surface area contributed by atoms with Gasteiger partial charge in [-0.2, -0.15) is 0 Å². The van der Waals surface area contributed by atoms with Crippen LogP contribution in [0.25, 0.3) is 11.0 Å². The number of carbonyl (C=O) groups is 1. The van der Waals surface area contributed by atoms with Gasteiger partial charge in [-0.3, -0.25) is 9.59 Å². The van der Waals surface area contributed by atoms with E-state index in [1.54, 1.807) is 28.4 Å². The third-order valence-corrected chi connectivity index (χ3v) is 6.14. The minimum absolute atomic E-state index is 0.0269. The fourth-order valence-corrected chi connectivity index (χ4v) is 4.44. The highest BCUT2D eigenvalue weighted by atomic mass is 32.1. The average Bonchev–Trinajstić information content (AvgIpc) is 3.33.